The minimum atomic E-state index is -0.192. The Labute approximate surface area is 164 Å². The predicted molar refractivity (Wildman–Crippen MR) is 105 cm³/mol. The first kappa shape index (κ1) is 18.2. The second kappa shape index (κ2) is 7.46. The summed E-state index contributed by atoms with van der Waals surface area (Å²) in [6, 6.07) is 13.6. The van der Waals surface area contributed by atoms with Gasteiger partial charge < -0.3 is 14.2 Å². The highest BCUT2D eigenvalue weighted by atomic mass is 16.5. The molecule has 2 heterocycles. The summed E-state index contributed by atoms with van der Waals surface area (Å²) >= 11 is 0. The molecule has 28 heavy (non-hydrogen) atoms. The van der Waals surface area contributed by atoms with Crippen LogP contribution in [0.15, 0.2) is 47.0 Å². The Balaban J connectivity index is 1.56. The van der Waals surface area contributed by atoms with Crippen molar-refractivity contribution in [2.45, 2.75) is 39.3 Å². The van der Waals surface area contributed by atoms with E-state index in [1.165, 1.54) is 11.1 Å². The monoisotopic (exact) mass is 377 g/mol. The summed E-state index contributed by atoms with van der Waals surface area (Å²) < 4.78 is 10.7. The number of carbonyl (C=O) groups excluding carboxylic acids is 1. The fourth-order valence-electron chi connectivity index (χ4n) is 3.48. The first-order valence-corrected chi connectivity index (χ1v) is 9.39. The summed E-state index contributed by atoms with van der Waals surface area (Å²) in [5.74, 6) is 1.95. The summed E-state index contributed by atoms with van der Waals surface area (Å²) in [5, 5.41) is 4.15. The molecule has 6 nitrogen and oxygen atoms in total. The molecule has 1 atom stereocenters. The van der Waals surface area contributed by atoms with Gasteiger partial charge >= 0.3 is 0 Å². The topological polar surface area (TPSA) is 68.5 Å². The van der Waals surface area contributed by atoms with Crippen molar-refractivity contribution in [1.82, 2.24) is 15.0 Å². The number of amides is 1. The number of hydrogen-bond donors (Lipinski definition) is 0. The number of aromatic nitrogens is 2. The van der Waals surface area contributed by atoms with Crippen molar-refractivity contribution >= 4 is 5.91 Å². The Kier molecular flexibility index (Phi) is 4.86. The lowest BCUT2D eigenvalue weighted by Crippen LogP contribution is -2.27. The van der Waals surface area contributed by atoms with Gasteiger partial charge in [-0.3, -0.25) is 4.79 Å². The first-order chi connectivity index (χ1) is 13.5. The van der Waals surface area contributed by atoms with Crippen LogP contribution >= 0.6 is 0 Å². The molecular formula is C22H23N3O3. The van der Waals surface area contributed by atoms with Gasteiger partial charge in [0.1, 0.15) is 11.8 Å². The number of methoxy groups -OCH3 is 1. The molecule has 1 fully saturated rings. The molecular weight excluding hydrogens is 354 g/mol. The highest BCUT2D eigenvalue weighted by Crippen LogP contribution is 2.34. The van der Waals surface area contributed by atoms with Gasteiger partial charge in [-0.05, 0) is 55.2 Å². The number of benzene rings is 2. The number of carbonyl (C=O) groups is 1. The lowest BCUT2D eigenvalue weighted by atomic mass is 10.1. The van der Waals surface area contributed by atoms with Crippen LogP contribution in [-0.2, 0) is 11.3 Å². The van der Waals surface area contributed by atoms with E-state index in [1.54, 1.807) is 7.11 Å². The van der Waals surface area contributed by atoms with Crippen LogP contribution in [0.25, 0.3) is 11.4 Å². The zero-order valence-corrected chi connectivity index (χ0v) is 16.3. The van der Waals surface area contributed by atoms with Crippen LogP contribution in [0.2, 0.25) is 0 Å². The van der Waals surface area contributed by atoms with Crippen LogP contribution in [0.3, 0.4) is 0 Å². The van der Waals surface area contributed by atoms with E-state index in [2.05, 4.69) is 36.1 Å². The number of nitrogens with zero attached hydrogens (tertiary/aromatic N) is 3. The minimum Gasteiger partial charge on any atom is -0.497 e. The molecule has 0 saturated carbocycles. The van der Waals surface area contributed by atoms with Crippen molar-refractivity contribution in [3.05, 3.63) is 65.0 Å². The van der Waals surface area contributed by atoms with Crippen LogP contribution in [0.4, 0.5) is 0 Å². The number of likely N-dealkylation sites (tertiary alicyclic amines) is 1. The summed E-state index contributed by atoms with van der Waals surface area (Å²) in [4.78, 5) is 18.9. The van der Waals surface area contributed by atoms with Crippen LogP contribution in [0.5, 0.6) is 5.75 Å². The molecule has 1 aliphatic heterocycles. The zero-order chi connectivity index (χ0) is 19.7. The van der Waals surface area contributed by atoms with Gasteiger partial charge in [-0.2, -0.15) is 4.98 Å². The van der Waals surface area contributed by atoms with Crippen molar-refractivity contribution in [2.24, 2.45) is 0 Å². The largest absolute Gasteiger partial charge is 0.497 e. The molecule has 1 aromatic heterocycles. The Morgan fingerprint density at radius 3 is 2.64 bits per heavy atom. The van der Waals surface area contributed by atoms with Crippen molar-refractivity contribution in [3.63, 3.8) is 0 Å². The maximum absolute atomic E-state index is 12.5. The van der Waals surface area contributed by atoms with Crippen molar-refractivity contribution in [1.29, 1.82) is 0 Å². The third kappa shape index (κ3) is 3.50. The zero-order valence-electron chi connectivity index (χ0n) is 16.3. The van der Waals surface area contributed by atoms with Gasteiger partial charge in [0.25, 0.3) is 0 Å². The average molecular weight is 377 g/mol. The number of rotatable bonds is 5. The second-order valence-electron chi connectivity index (χ2n) is 7.18. The second-order valence-corrected chi connectivity index (χ2v) is 7.18. The third-order valence-corrected chi connectivity index (χ3v) is 5.33. The molecule has 3 aromatic rings. The van der Waals surface area contributed by atoms with Crippen molar-refractivity contribution in [3.8, 4) is 17.1 Å². The Morgan fingerprint density at radius 2 is 1.93 bits per heavy atom. The van der Waals surface area contributed by atoms with E-state index < -0.39 is 0 Å². The van der Waals surface area contributed by atoms with Gasteiger partial charge in [0, 0.05) is 18.5 Å². The molecule has 1 amide bonds. The van der Waals surface area contributed by atoms with E-state index in [4.69, 9.17) is 9.26 Å². The fraction of sp³-hybridized carbons (Fsp3) is 0.318. The van der Waals surface area contributed by atoms with Crippen LogP contribution in [0, 0.1) is 13.8 Å². The van der Waals surface area contributed by atoms with Crippen LogP contribution in [0.1, 0.15) is 41.5 Å². The number of hydrogen-bond acceptors (Lipinski definition) is 5. The van der Waals surface area contributed by atoms with E-state index in [9.17, 15) is 4.79 Å². The molecule has 0 N–H and O–H groups in total. The number of ether oxygens (including phenoxy) is 1. The molecule has 0 bridgehead atoms. The van der Waals surface area contributed by atoms with Gasteiger partial charge in [0.15, 0.2) is 0 Å². The normalized spacial score (nSPS) is 16.6. The smallest absolute Gasteiger partial charge is 0.249 e. The van der Waals surface area contributed by atoms with Crippen LogP contribution in [-0.4, -0.2) is 28.1 Å². The van der Waals surface area contributed by atoms with Crippen LogP contribution < -0.4 is 4.74 Å². The summed E-state index contributed by atoms with van der Waals surface area (Å²) in [5.41, 5.74) is 4.36. The van der Waals surface area contributed by atoms with E-state index in [0.717, 1.165) is 16.9 Å². The van der Waals surface area contributed by atoms with E-state index in [0.29, 0.717) is 31.1 Å². The molecule has 1 aliphatic rings. The Morgan fingerprint density at radius 1 is 1.14 bits per heavy atom. The minimum absolute atomic E-state index is 0.103. The standard InChI is InChI=1S/C22H23N3O3/c1-14-4-7-17(12-15(14)2)21-23-22(28-24-21)19-10-11-20(26)25(19)13-16-5-8-18(27-3)9-6-16/h4-9,12,19H,10-11,13H2,1-3H3. The van der Waals surface area contributed by atoms with E-state index >= 15 is 0 Å². The van der Waals surface area contributed by atoms with Gasteiger partial charge in [-0.1, -0.05) is 29.4 Å². The van der Waals surface area contributed by atoms with Gasteiger partial charge in [-0.15, -0.1) is 0 Å². The van der Waals surface area contributed by atoms with Gasteiger partial charge in [0.05, 0.1) is 7.11 Å². The molecule has 1 unspecified atom stereocenters. The molecule has 6 heteroatoms. The molecule has 0 aliphatic carbocycles. The van der Waals surface area contributed by atoms with E-state index in [1.807, 2.05) is 35.2 Å². The number of aryl methyl sites for hydroxylation is 2. The highest BCUT2D eigenvalue weighted by Gasteiger charge is 2.36. The molecule has 2 aromatic carbocycles. The molecule has 144 valence electrons. The Bertz CT molecular complexity index is 995. The van der Waals surface area contributed by atoms with Crippen molar-refractivity contribution in [2.75, 3.05) is 7.11 Å². The van der Waals surface area contributed by atoms with Gasteiger partial charge in [0.2, 0.25) is 17.6 Å². The quantitative estimate of drug-likeness (QED) is 0.666. The van der Waals surface area contributed by atoms with Gasteiger partial charge in [-0.25, -0.2) is 0 Å². The maximum atomic E-state index is 12.5. The lowest BCUT2D eigenvalue weighted by molar-refractivity contribution is -0.129. The van der Waals surface area contributed by atoms with Crippen molar-refractivity contribution < 1.29 is 14.1 Å². The first-order valence-electron chi connectivity index (χ1n) is 9.39. The lowest BCUT2D eigenvalue weighted by Gasteiger charge is -2.22. The molecule has 0 spiro atoms. The summed E-state index contributed by atoms with van der Waals surface area (Å²) in [6.45, 7) is 4.64. The maximum Gasteiger partial charge on any atom is 0.249 e. The Hall–Kier alpha value is -3.15. The summed E-state index contributed by atoms with van der Waals surface area (Å²) in [6.07, 6.45) is 1.17. The SMILES string of the molecule is COc1ccc(CN2C(=O)CCC2c2nc(-c3ccc(C)c(C)c3)no2)cc1. The molecule has 4 rings (SSSR count). The fourth-order valence-corrected chi connectivity index (χ4v) is 3.48. The average Bonchev–Trinajstić information content (AvgIpc) is 3.32. The van der Waals surface area contributed by atoms with E-state index in [-0.39, 0.29) is 11.9 Å². The molecule has 0 radical (unpaired) electrons. The third-order valence-electron chi connectivity index (χ3n) is 5.33. The summed E-state index contributed by atoms with van der Waals surface area (Å²) in [7, 11) is 1.64. The predicted octanol–water partition coefficient (Wildman–Crippen LogP) is 4.23. The highest BCUT2D eigenvalue weighted by molar-refractivity contribution is 5.78. The molecule has 1 saturated heterocycles.